The normalized spacial score (nSPS) is 10.9. The summed E-state index contributed by atoms with van der Waals surface area (Å²) < 4.78 is 4.10. The molecule has 0 saturated heterocycles. The Morgan fingerprint density at radius 2 is 2.00 bits per heavy atom. The van der Waals surface area contributed by atoms with Crippen molar-refractivity contribution in [2.24, 2.45) is 7.05 Å². The van der Waals surface area contributed by atoms with Gasteiger partial charge in [-0.3, -0.25) is 4.68 Å². The third-order valence-electron chi connectivity index (χ3n) is 3.02. The molecule has 0 aliphatic rings. The van der Waals surface area contributed by atoms with Crippen LogP contribution in [0.4, 0.5) is 0 Å². The Morgan fingerprint density at radius 3 is 2.47 bits per heavy atom. The van der Waals surface area contributed by atoms with E-state index in [9.17, 15) is 0 Å². The van der Waals surface area contributed by atoms with Gasteiger partial charge in [0.05, 0.1) is 12.2 Å². The lowest BCUT2D eigenvalue weighted by Gasteiger charge is -2.03. The molecule has 2 aromatic heterocycles. The molecule has 0 aromatic carbocycles. The van der Waals surface area contributed by atoms with Gasteiger partial charge in [0.25, 0.3) is 0 Å². The summed E-state index contributed by atoms with van der Waals surface area (Å²) in [6.07, 6.45) is 4.17. The van der Waals surface area contributed by atoms with Crippen molar-refractivity contribution < 1.29 is 0 Å². The van der Waals surface area contributed by atoms with E-state index < -0.39 is 0 Å². The summed E-state index contributed by atoms with van der Waals surface area (Å²) in [6.45, 7) is 7.34. The van der Waals surface area contributed by atoms with Gasteiger partial charge in [0.2, 0.25) is 0 Å². The Kier molecular flexibility index (Phi) is 2.39. The predicted octanol–water partition coefficient (Wildman–Crippen LogP) is 2.20. The minimum Gasteiger partial charge on any atom is -0.345 e. The van der Waals surface area contributed by atoms with Crippen LogP contribution in [0.2, 0.25) is 0 Å². The molecule has 15 heavy (non-hydrogen) atoms. The maximum Gasteiger partial charge on any atom is 0.0821 e. The molecule has 0 radical (unpaired) electrons. The molecule has 0 aliphatic carbocycles. The fourth-order valence-corrected chi connectivity index (χ4v) is 1.81. The van der Waals surface area contributed by atoms with E-state index in [1.807, 2.05) is 17.9 Å². The van der Waals surface area contributed by atoms with E-state index in [2.05, 4.69) is 42.7 Å². The van der Waals surface area contributed by atoms with Crippen LogP contribution >= 0.6 is 0 Å². The molecule has 80 valence electrons. The van der Waals surface area contributed by atoms with Crippen molar-refractivity contribution in [3.8, 4) is 0 Å². The van der Waals surface area contributed by atoms with Crippen LogP contribution in [0.5, 0.6) is 0 Å². The Hall–Kier alpha value is -1.51. The largest absolute Gasteiger partial charge is 0.345 e. The van der Waals surface area contributed by atoms with Gasteiger partial charge >= 0.3 is 0 Å². The van der Waals surface area contributed by atoms with Crippen LogP contribution in [0.25, 0.3) is 0 Å². The average Bonchev–Trinajstić information content (AvgIpc) is 2.68. The fraction of sp³-hybridized carbons (Fsp3) is 0.417. The van der Waals surface area contributed by atoms with Crippen molar-refractivity contribution in [1.82, 2.24) is 14.3 Å². The molecule has 3 nitrogen and oxygen atoms in total. The maximum absolute atomic E-state index is 4.38. The summed E-state index contributed by atoms with van der Waals surface area (Å²) in [6, 6.07) is 2.06. The molecule has 3 heteroatoms. The highest BCUT2D eigenvalue weighted by Crippen LogP contribution is 2.15. The van der Waals surface area contributed by atoms with Crippen LogP contribution in [0.3, 0.4) is 0 Å². The SMILES string of the molecule is Cc1cn(Cc2ccn(C)n2)c(C)c1C. The minimum atomic E-state index is 0.862. The maximum atomic E-state index is 4.38. The first-order chi connectivity index (χ1) is 7.08. The van der Waals surface area contributed by atoms with Crippen LogP contribution in [-0.4, -0.2) is 14.3 Å². The molecule has 0 saturated carbocycles. The number of nitrogens with zero attached hydrogens (tertiary/aromatic N) is 3. The molecule has 2 aromatic rings. The summed E-state index contributed by atoms with van der Waals surface area (Å²) in [5.74, 6) is 0. The van der Waals surface area contributed by atoms with Crippen LogP contribution in [0, 0.1) is 20.8 Å². The average molecular weight is 203 g/mol. The van der Waals surface area contributed by atoms with Gasteiger partial charge in [-0.05, 0) is 38.0 Å². The van der Waals surface area contributed by atoms with Crippen molar-refractivity contribution >= 4 is 0 Å². The molecule has 0 unspecified atom stereocenters. The third kappa shape index (κ3) is 1.82. The highest BCUT2D eigenvalue weighted by molar-refractivity contribution is 5.29. The fourth-order valence-electron chi connectivity index (χ4n) is 1.81. The Bertz CT molecular complexity index is 477. The molecule has 0 aliphatic heterocycles. The molecule has 0 N–H and O–H groups in total. The van der Waals surface area contributed by atoms with E-state index in [1.165, 1.54) is 16.8 Å². The molecule has 0 amide bonds. The highest BCUT2D eigenvalue weighted by atomic mass is 15.3. The van der Waals surface area contributed by atoms with E-state index in [0.29, 0.717) is 0 Å². The molecule has 2 rings (SSSR count). The van der Waals surface area contributed by atoms with Gasteiger partial charge in [0, 0.05) is 25.1 Å². The molecule has 0 fully saturated rings. The topological polar surface area (TPSA) is 22.8 Å². The van der Waals surface area contributed by atoms with Crippen LogP contribution < -0.4 is 0 Å². The van der Waals surface area contributed by atoms with Crippen molar-refractivity contribution in [3.05, 3.63) is 41.0 Å². The molecular formula is C12H17N3. The zero-order valence-corrected chi connectivity index (χ0v) is 9.78. The zero-order chi connectivity index (χ0) is 11.0. The van der Waals surface area contributed by atoms with Gasteiger partial charge in [-0.15, -0.1) is 0 Å². The Labute approximate surface area is 90.3 Å². The van der Waals surface area contributed by atoms with E-state index in [-0.39, 0.29) is 0 Å². The molecule has 0 bridgehead atoms. The highest BCUT2D eigenvalue weighted by Gasteiger charge is 2.06. The number of hydrogen-bond donors (Lipinski definition) is 0. The second-order valence-corrected chi connectivity index (χ2v) is 4.13. The van der Waals surface area contributed by atoms with Crippen molar-refractivity contribution in [2.45, 2.75) is 27.3 Å². The van der Waals surface area contributed by atoms with Crippen LogP contribution in [0.15, 0.2) is 18.5 Å². The van der Waals surface area contributed by atoms with Gasteiger partial charge in [0.15, 0.2) is 0 Å². The monoisotopic (exact) mass is 203 g/mol. The number of rotatable bonds is 2. The van der Waals surface area contributed by atoms with E-state index >= 15 is 0 Å². The summed E-state index contributed by atoms with van der Waals surface area (Å²) >= 11 is 0. The van der Waals surface area contributed by atoms with Crippen LogP contribution in [-0.2, 0) is 13.6 Å². The Balaban J connectivity index is 2.28. The van der Waals surface area contributed by atoms with E-state index in [4.69, 9.17) is 0 Å². The molecule has 0 spiro atoms. The summed E-state index contributed by atoms with van der Waals surface area (Å²) in [5, 5.41) is 4.38. The van der Waals surface area contributed by atoms with Crippen molar-refractivity contribution in [3.63, 3.8) is 0 Å². The van der Waals surface area contributed by atoms with Crippen molar-refractivity contribution in [1.29, 1.82) is 0 Å². The lowest BCUT2D eigenvalue weighted by Crippen LogP contribution is -2.02. The first-order valence-electron chi connectivity index (χ1n) is 5.19. The minimum absolute atomic E-state index is 0.862. The van der Waals surface area contributed by atoms with Crippen LogP contribution in [0.1, 0.15) is 22.5 Å². The summed E-state index contributed by atoms with van der Waals surface area (Å²) in [7, 11) is 1.95. The predicted molar refractivity (Wildman–Crippen MR) is 61.0 cm³/mol. The first kappa shape index (κ1) is 10.0. The third-order valence-corrected chi connectivity index (χ3v) is 3.02. The summed E-state index contributed by atoms with van der Waals surface area (Å²) in [5.41, 5.74) is 5.17. The van der Waals surface area contributed by atoms with Crippen molar-refractivity contribution in [2.75, 3.05) is 0 Å². The second-order valence-electron chi connectivity index (χ2n) is 4.13. The van der Waals surface area contributed by atoms with E-state index in [1.54, 1.807) is 0 Å². The molecule has 0 atom stereocenters. The molecular weight excluding hydrogens is 186 g/mol. The van der Waals surface area contributed by atoms with Gasteiger partial charge in [-0.2, -0.15) is 5.10 Å². The lowest BCUT2D eigenvalue weighted by molar-refractivity contribution is 0.697. The lowest BCUT2D eigenvalue weighted by atomic mass is 10.2. The van der Waals surface area contributed by atoms with E-state index in [0.717, 1.165) is 12.2 Å². The quantitative estimate of drug-likeness (QED) is 0.733. The Morgan fingerprint density at radius 1 is 1.27 bits per heavy atom. The smallest absolute Gasteiger partial charge is 0.0821 e. The van der Waals surface area contributed by atoms with Gasteiger partial charge in [-0.1, -0.05) is 0 Å². The molecule has 2 heterocycles. The first-order valence-corrected chi connectivity index (χ1v) is 5.19. The van der Waals surface area contributed by atoms with Gasteiger partial charge in [0.1, 0.15) is 0 Å². The zero-order valence-electron chi connectivity index (χ0n) is 9.78. The number of hydrogen-bond acceptors (Lipinski definition) is 1. The second kappa shape index (κ2) is 3.57. The number of aromatic nitrogens is 3. The summed E-state index contributed by atoms with van der Waals surface area (Å²) in [4.78, 5) is 0. The standard InChI is InChI=1S/C12H17N3/c1-9-7-15(11(3)10(9)2)8-12-5-6-14(4)13-12/h5-7H,8H2,1-4H3. The van der Waals surface area contributed by atoms with Gasteiger partial charge in [-0.25, -0.2) is 0 Å². The van der Waals surface area contributed by atoms with Gasteiger partial charge < -0.3 is 4.57 Å². The number of aryl methyl sites for hydroxylation is 2.